The van der Waals surface area contributed by atoms with Crippen LogP contribution < -0.4 is 0 Å². The van der Waals surface area contributed by atoms with Crippen molar-refractivity contribution < 1.29 is 13.5 Å². The highest BCUT2D eigenvalue weighted by Gasteiger charge is 2.33. The van der Waals surface area contributed by atoms with Crippen molar-refractivity contribution in [3.05, 3.63) is 17.5 Å². The number of hydrogen-bond acceptors (Lipinski definition) is 4. The molecule has 1 fully saturated rings. The van der Waals surface area contributed by atoms with Gasteiger partial charge in [-0.25, -0.2) is 8.42 Å². The fourth-order valence-corrected chi connectivity index (χ4v) is 4.80. The second kappa shape index (κ2) is 4.83. The average molecular weight is 261 g/mol. The Kier molecular flexibility index (Phi) is 3.63. The third kappa shape index (κ3) is 2.15. The Morgan fingerprint density at radius 2 is 2.31 bits per heavy atom. The van der Waals surface area contributed by atoms with Crippen LogP contribution >= 0.6 is 11.3 Å². The van der Waals surface area contributed by atoms with Crippen molar-refractivity contribution in [1.29, 1.82) is 0 Å². The first-order valence-corrected chi connectivity index (χ1v) is 7.64. The molecular formula is C10H15NO3S2. The van der Waals surface area contributed by atoms with Gasteiger partial charge in [-0.05, 0) is 24.3 Å². The summed E-state index contributed by atoms with van der Waals surface area (Å²) in [7, 11) is -3.39. The highest BCUT2D eigenvalue weighted by molar-refractivity contribution is 7.91. The molecule has 1 aliphatic heterocycles. The molecule has 2 heterocycles. The maximum atomic E-state index is 12.2. The molecule has 0 aliphatic carbocycles. The molecule has 0 spiro atoms. The summed E-state index contributed by atoms with van der Waals surface area (Å²) in [5, 5.41) is 11.0. The van der Waals surface area contributed by atoms with Gasteiger partial charge in [0.15, 0.2) is 0 Å². The summed E-state index contributed by atoms with van der Waals surface area (Å²) in [6.45, 7) is 0.427. The number of aliphatic hydroxyl groups is 1. The molecule has 1 N–H and O–H groups in total. The molecule has 0 radical (unpaired) electrons. The van der Waals surface area contributed by atoms with Gasteiger partial charge in [0.2, 0.25) is 0 Å². The minimum absolute atomic E-state index is 0.0927. The van der Waals surface area contributed by atoms with E-state index in [-0.39, 0.29) is 12.6 Å². The first-order chi connectivity index (χ1) is 7.66. The monoisotopic (exact) mass is 261 g/mol. The zero-order valence-corrected chi connectivity index (χ0v) is 10.5. The molecule has 16 heavy (non-hydrogen) atoms. The summed E-state index contributed by atoms with van der Waals surface area (Å²) in [4.78, 5) is 0. The van der Waals surface area contributed by atoms with Crippen LogP contribution in [0.3, 0.4) is 0 Å². The van der Waals surface area contributed by atoms with Crippen LogP contribution in [0.25, 0.3) is 0 Å². The van der Waals surface area contributed by atoms with Crippen molar-refractivity contribution in [1.82, 2.24) is 4.31 Å². The van der Waals surface area contributed by atoms with E-state index in [1.807, 2.05) is 0 Å². The van der Waals surface area contributed by atoms with Gasteiger partial charge >= 0.3 is 0 Å². The fourth-order valence-electron chi connectivity index (χ4n) is 2.00. The largest absolute Gasteiger partial charge is 0.395 e. The van der Waals surface area contributed by atoms with Crippen molar-refractivity contribution in [2.24, 2.45) is 0 Å². The molecule has 1 aliphatic rings. The molecule has 2 rings (SSSR count). The number of sulfonamides is 1. The van der Waals surface area contributed by atoms with E-state index in [4.69, 9.17) is 0 Å². The summed E-state index contributed by atoms with van der Waals surface area (Å²) in [5.41, 5.74) is 0. The van der Waals surface area contributed by atoms with E-state index in [2.05, 4.69) is 0 Å². The van der Waals surface area contributed by atoms with Crippen LogP contribution in [-0.4, -0.2) is 37.0 Å². The van der Waals surface area contributed by atoms with Crippen molar-refractivity contribution in [3.8, 4) is 0 Å². The van der Waals surface area contributed by atoms with Gasteiger partial charge in [0.1, 0.15) is 4.21 Å². The third-order valence-corrected chi connectivity index (χ3v) is 6.17. The fraction of sp³-hybridized carbons (Fsp3) is 0.600. The number of piperidine rings is 1. The lowest BCUT2D eigenvalue weighted by Gasteiger charge is -2.32. The van der Waals surface area contributed by atoms with Gasteiger partial charge in [-0.2, -0.15) is 4.31 Å². The van der Waals surface area contributed by atoms with Crippen LogP contribution in [0.4, 0.5) is 0 Å². The number of hydrogen-bond donors (Lipinski definition) is 1. The normalized spacial score (nSPS) is 23.4. The Morgan fingerprint density at radius 1 is 1.50 bits per heavy atom. The quantitative estimate of drug-likeness (QED) is 0.892. The van der Waals surface area contributed by atoms with E-state index in [1.54, 1.807) is 17.5 Å². The first kappa shape index (κ1) is 12.0. The zero-order valence-electron chi connectivity index (χ0n) is 8.87. The van der Waals surface area contributed by atoms with Crippen molar-refractivity contribution in [2.75, 3.05) is 13.2 Å². The van der Waals surface area contributed by atoms with E-state index in [0.29, 0.717) is 10.8 Å². The topological polar surface area (TPSA) is 57.6 Å². The lowest BCUT2D eigenvalue weighted by Crippen LogP contribution is -2.45. The lowest BCUT2D eigenvalue weighted by atomic mass is 10.1. The van der Waals surface area contributed by atoms with Gasteiger partial charge in [0.25, 0.3) is 10.0 Å². The second-order valence-electron chi connectivity index (χ2n) is 3.88. The Hall–Kier alpha value is -0.430. The molecule has 90 valence electrons. The molecule has 0 bridgehead atoms. The molecule has 1 atom stereocenters. The summed E-state index contributed by atoms with van der Waals surface area (Å²) in [5.74, 6) is 0. The average Bonchev–Trinajstić information content (AvgIpc) is 2.83. The maximum Gasteiger partial charge on any atom is 0.252 e. The molecule has 4 nitrogen and oxygen atoms in total. The molecule has 0 aromatic carbocycles. The van der Waals surface area contributed by atoms with Crippen LogP contribution in [0.15, 0.2) is 21.7 Å². The van der Waals surface area contributed by atoms with Gasteiger partial charge in [-0.1, -0.05) is 12.5 Å². The van der Waals surface area contributed by atoms with Gasteiger partial charge in [-0.3, -0.25) is 0 Å². The second-order valence-corrected chi connectivity index (χ2v) is 6.95. The number of thiophene rings is 1. The van der Waals surface area contributed by atoms with Crippen LogP contribution in [0.1, 0.15) is 19.3 Å². The minimum atomic E-state index is -3.39. The van der Waals surface area contributed by atoms with E-state index >= 15 is 0 Å². The molecule has 1 saturated heterocycles. The lowest BCUT2D eigenvalue weighted by molar-refractivity contribution is 0.155. The SMILES string of the molecule is O=S(=O)(c1cccs1)N1CCCC[C@@H]1CO. The zero-order chi connectivity index (χ0) is 11.6. The maximum absolute atomic E-state index is 12.2. The van der Waals surface area contributed by atoms with E-state index in [0.717, 1.165) is 19.3 Å². The Morgan fingerprint density at radius 3 is 2.94 bits per heavy atom. The van der Waals surface area contributed by atoms with E-state index < -0.39 is 10.0 Å². The highest BCUT2D eigenvalue weighted by atomic mass is 32.2. The molecule has 0 amide bonds. The van der Waals surface area contributed by atoms with Crippen molar-refractivity contribution >= 4 is 21.4 Å². The molecular weight excluding hydrogens is 246 g/mol. The van der Waals surface area contributed by atoms with Crippen LogP contribution in [0.5, 0.6) is 0 Å². The molecule has 0 saturated carbocycles. The molecule has 0 unspecified atom stereocenters. The molecule has 1 aromatic rings. The van der Waals surface area contributed by atoms with Gasteiger partial charge in [-0.15, -0.1) is 11.3 Å². The standard InChI is InChI=1S/C10H15NO3S2/c12-8-9-4-1-2-6-11(9)16(13,14)10-5-3-7-15-10/h3,5,7,9,12H,1-2,4,6,8H2/t9-/m1/s1. The summed E-state index contributed by atoms with van der Waals surface area (Å²) in [6.07, 6.45) is 2.61. The van der Waals surface area contributed by atoms with Crippen molar-refractivity contribution in [2.45, 2.75) is 29.5 Å². The summed E-state index contributed by atoms with van der Waals surface area (Å²) >= 11 is 1.22. The predicted octanol–water partition coefficient (Wildman–Crippen LogP) is 1.28. The number of nitrogens with zero attached hydrogens (tertiary/aromatic N) is 1. The predicted molar refractivity (Wildman–Crippen MR) is 62.9 cm³/mol. The third-order valence-electron chi connectivity index (χ3n) is 2.84. The Labute approximate surface area is 99.6 Å². The summed E-state index contributed by atoms with van der Waals surface area (Å²) in [6, 6.07) is 3.10. The van der Waals surface area contributed by atoms with Crippen molar-refractivity contribution in [3.63, 3.8) is 0 Å². The molecule has 1 aromatic heterocycles. The van der Waals surface area contributed by atoms with E-state index in [9.17, 15) is 13.5 Å². The van der Waals surface area contributed by atoms with Crippen LogP contribution in [0.2, 0.25) is 0 Å². The van der Waals surface area contributed by atoms with Gasteiger partial charge in [0, 0.05) is 12.6 Å². The Bertz CT molecular complexity index is 427. The Balaban J connectivity index is 2.28. The van der Waals surface area contributed by atoms with Crippen LogP contribution in [-0.2, 0) is 10.0 Å². The highest BCUT2D eigenvalue weighted by Crippen LogP contribution is 2.27. The summed E-state index contributed by atoms with van der Waals surface area (Å²) < 4.78 is 26.3. The van der Waals surface area contributed by atoms with Gasteiger partial charge < -0.3 is 5.11 Å². The smallest absolute Gasteiger partial charge is 0.252 e. The van der Waals surface area contributed by atoms with Crippen LogP contribution in [0, 0.1) is 0 Å². The number of rotatable bonds is 3. The first-order valence-electron chi connectivity index (χ1n) is 5.32. The number of aliphatic hydroxyl groups excluding tert-OH is 1. The van der Waals surface area contributed by atoms with E-state index in [1.165, 1.54) is 15.6 Å². The van der Waals surface area contributed by atoms with Gasteiger partial charge in [0.05, 0.1) is 6.61 Å². The molecule has 6 heteroatoms. The minimum Gasteiger partial charge on any atom is -0.395 e.